The van der Waals surface area contributed by atoms with Gasteiger partial charge in [-0.3, -0.25) is 0 Å². The quantitative estimate of drug-likeness (QED) is 0.550. The van der Waals surface area contributed by atoms with Crippen molar-refractivity contribution in [2.45, 2.75) is 72.3 Å². The number of rotatable bonds is 6. The number of nitrogens with zero attached hydrogens (tertiary/aromatic N) is 2. The molecule has 1 aromatic heterocycles. The fraction of sp³-hybridized carbons (Fsp3) is 0.733. The van der Waals surface area contributed by atoms with Crippen LogP contribution in [0, 0.1) is 6.92 Å². The molecule has 1 rings (SSSR count). The highest BCUT2D eigenvalue weighted by Crippen LogP contribution is 2.26. The Balaban J connectivity index is 3.05. The topological polar surface area (TPSA) is 75.9 Å². The normalized spacial score (nSPS) is 13.2. The predicted molar refractivity (Wildman–Crippen MR) is 85.9 cm³/mol. The molecule has 5 nitrogen and oxygen atoms in total. The molecule has 0 aromatic carbocycles. The largest absolute Gasteiger partial charge is 0.367 e. The molecule has 4 N–H and O–H groups in total. The van der Waals surface area contributed by atoms with E-state index in [9.17, 15) is 0 Å². The molecule has 5 heteroatoms. The van der Waals surface area contributed by atoms with E-state index in [4.69, 9.17) is 5.84 Å². The van der Waals surface area contributed by atoms with Crippen molar-refractivity contribution in [2.75, 3.05) is 10.7 Å². The third-order valence-electron chi connectivity index (χ3n) is 3.33. The summed E-state index contributed by atoms with van der Waals surface area (Å²) in [5.74, 6) is 7.93. The maximum atomic E-state index is 5.57. The zero-order valence-electron chi connectivity index (χ0n) is 13.7. The van der Waals surface area contributed by atoms with Gasteiger partial charge < -0.3 is 10.7 Å². The van der Waals surface area contributed by atoms with Gasteiger partial charge in [0.15, 0.2) is 0 Å². The molecule has 1 atom stereocenters. The van der Waals surface area contributed by atoms with Crippen LogP contribution in [0.25, 0.3) is 0 Å². The molecule has 1 unspecified atom stereocenters. The summed E-state index contributed by atoms with van der Waals surface area (Å²) in [5, 5.41) is 3.49. The Morgan fingerprint density at radius 3 is 2.30 bits per heavy atom. The Bertz CT molecular complexity index is 437. The van der Waals surface area contributed by atoms with Crippen LogP contribution in [0.3, 0.4) is 0 Å². The van der Waals surface area contributed by atoms with Gasteiger partial charge in [-0.05, 0) is 20.3 Å². The number of hydrogen-bond acceptors (Lipinski definition) is 5. The van der Waals surface area contributed by atoms with Crippen LogP contribution in [-0.4, -0.2) is 16.0 Å². The molecule has 20 heavy (non-hydrogen) atoms. The second-order valence-electron chi connectivity index (χ2n) is 6.45. The van der Waals surface area contributed by atoms with Gasteiger partial charge in [0.25, 0.3) is 0 Å². The van der Waals surface area contributed by atoms with Gasteiger partial charge in [0.2, 0.25) is 0 Å². The Morgan fingerprint density at radius 1 is 1.20 bits per heavy atom. The van der Waals surface area contributed by atoms with Crippen molar-refractivity contribution in [3.05, 3.63) is 11.4 Å². The zero-order chi connectivity index (χ0) is 15.3. The smallest absolute Gasteiger partial charge is 0.148 e. The molecular formula is C15H29N5. The highest BCUT2D eigenvalue weighted by molar-refractivity contribution is 5.57. The second kappa shape index (κ2) is 6.88. The maximum Gasteiger partial charge on any atom is 0.148 e. The van der Waals surface area contributed by atoms with Gasteiger partial charge in [0.05, 0.1) is 0 Å². The highest BCUT2D eigenvalue weighted by atomic mass is 15.3. The lowest BCUT2D eigenvalue weighted by Crippen LogP contribution is -2.23. The van der Waals surface area contributed by atoms with Crippen molar-refractivity contribution in [3.8, 4) is 0 Å². The lowest BCUT2D eigenvalue weighted by atomic mass is 9.95. The molecule has 0 aliphatic heterocycles. The van der Waals surface area contributed by atoms with Crippen molar-refractivity contribution in [1.82, 2.24) is 9.97 Å². The zero-order valence-corrected chi connectivity index (χ0v) is 13.7. The van der Waals surface area contributed by atoms with E-state index in [0.717, 1.165) is 23.6 Å². The molecule has 114 valence electrons. The Kier molecular flexibility index (Phi) is 5.74. The van der Waals surface area contributed by atoms with Gasteiger partial charge in [-0.15, -0.1) is 0 Å². The summed E-state index contributed by atoms with van der Waals surface area (Å²) in [7, 11) is 0. The van der Waals surface area contributed by atoms with Crippen LogP contribution in [0.15, 0.2) is 0 Å². The fourth-order valence-corrected chi connectivity index (χ4v) is 1.95. The fourth-order valence-electron chi connectivity index (χ4n) is 1.95. The van der Waals surface area contributed by atoms with Crippen molar-refractivity contribution in [2.24, 2.45) is 5.84 Å². The first-order valence-corrected chi connectivity index (χ1v) is 7.41. The first-order chi connectivity index (χ1) is 9.29. The average Bonchev–Trinajstić information content (AvgIpc) is 2.37. The Morgan fingerprint density at radius 2 is 1.80 bits per heavy atom. The van der Waals surface area contributed by atoms with E-state index in [1.807, 2.05) is 6.92 Å². The summed E-state index contributed by atoms with van der Waals surface area (Å²) in [6, 6.07) is 0.391. The van der Waals surface area contributed by atoms with E-state index in [-0.39, 0.29) is 5.41 Å². The number of aromatic nitrogens is 2. The third-order valence-corrected chi connectivity index (χ3v) is 3.33. The van der Waals surface area contributed by atoms with Crippen LogP contribution >= 0.6 is 0 Å². The first kappa shape index (κ1) is 16.7. The molecular weight excluding hydrogens is 250 g/mol. The van der Waals surface area contributed by atoms with E-state index in [0.29, 0.717) is 11.9 Å². The van der Waals surface area contributed by atoms with Gasteiger partial charge in [-0.1, -0.05) is 40.5 Å². The van der Waals surface area contributed by atoms with E-state index in [1.54, 1.807) is 0 Å². The number of nitrogens with two attached hydrogens (primary N) is 1. The Hall–Kier alpha value is -1.36. The number of nitrogens with one attached hydrogen (secondary N) is 2. The predicted octanol–water partition coefficient (Wildman–Crippen LogP) is 3.36. The number of hydrogen-bond donors (Lipinski definition) is 3. The minimum absolute atomic E-state index is 0.109. The summed E-state index contributed by atoms with van der Waals surface area (Å²) >= 11 is 0. The molecule has 0 aliphatic rings. The van der Waals surface area contributed by atoms with Crippen LogP contribution in [0.1, 0.15) is 65.3 Å². The van der Waals surface area contributed by atoms with E-state index < -0.39 is 0 Å². The summed E-state index contributed by atoms with van der Waals surface area (Å²) in [5.41, 5.74) is 3.53. The molecule has 0 spiro atoms. The molecule has 0 fully saturated rings. The number of unbranched alkanes of at least 4 members (excludes halogenated alkanes) is 1. The first-order valence-electron chi connectivity index (χ1n) is 7.41. The van der Waals surface area contributed by atoms with Gasteiger partial charge in [0.1, 0.15) is 17.5 Å². The highest BCUT2D eigenvalue weighted by Gasteiger charge is 2.21. The van der Waals surface area contributed by atoms with Crippen LogP contribution < -0.4 is 16.6 Å². The molecule has 0 radical (unpaired) electrons. The molecule has 0 aliphatic carbocycles. The molecule has 1 heterocycles. The minimum atomic E-state index is -0.109. The monoisotopic (exact) mass is 279 g/mol. The average molecular weight is 279 g/mol. The molecule has 0 saturated carbocycles. The maximum absolute atomic E-state index is 5.57. The second-order valence-corrected chi connectivity index (χ2v) is 6.45. The van der Waals surface area contributed by atoms with Gasteiger partial charge in [0, 0.05) is 17.0 Å². The number of anilines is 2. The summed E-state index contributed by atoms with van der Waals surface area (Å²) in [6.45, 7) is 12.7. The lowest BCUT2D eigenvalue weighted by molar-refractivity contribution is 0.544. The lowest BCUT2D eigenvalue weighted by Gasteiger charge is -2.22. The SMILES string of the molecule is CCCCC(C)Nc1nc(C(C)(C)C)nc(NN)c1C. The van der Waals surface area contributed by atoms with Crippen LogP contribution in [0.5, 0.6) is 0 Å². The minimum Gasteiger partial charge on any atom is -0.367 e. The standard InChI is InChI=1S/C15H29N5/c1-7-8-9-10(2)17-12-11(3)13(20-16)19-14(18-12)15(4,5)6/h10H,7-9,16H2,1-6H3,(H2,17,18,19,20). The third kappa shape index (κ3) is 4.34. The molecule has 0 amide bonds. The van der Waals surface area contributed by atoms with Gasteiger partial charge in [-0.2, -0.15) is 0 Å². The van der Waals surface area contributed by atoms with Gasteiger partial charge >= 0.3 is 0 Å². The summed E-state index contributed by atoms with van der Waals surface area (Å²) in [4.78, 5) is 9.19. The molecule has 0 bridgehead atoms. The molecule has 1 aromatic rings. The van der Waals surface area contributed by atoms with Crippen LogP contribution in [-0.2, 0) is 5.41 Å². The Labute approximate surface area is 122 Å². The van der Waals surface area contributed by atoms with Crippen molar-refractivity contribution in [3.63, 3.8) is 0 Å². The van der Waals surface area contributed by atoms with E-state index in [2.05, 4.69) is 55.3 Å². The van der Waals surface area contributed by atoms with E-state index in [1.165, 1.54) is 12.8 Å². The van der Waals surface area contributed by atoms with Crippen LogP contribution in [0.4, 0.5) is 11.6 Å². The van der Waals surface area contributed by atoms with Crippen LogP contribution in [0.2, 0.25) is 0 Å². The van der Waals surface area contributed by atoms with Crippen molar-refractivity contribution < 1.29 is 0 Å². The van der Waals surface area contributed by atoms with Crippen molar-refractivity contribution >= 4 is 11.6 Å². The number of nitrogen functional groups attached to an aromatic ring is 1. The summed E-state index contributed by atoms with van der Waals surface area (Å²) < 4.78 is 0. The van der Waals surface area contributed by atoms with E-state index >= 15 is 0 Å². The molecule has 0 saturated heterocycles. The van der Waals surface area contributed by atoms with Gasteiger partial charge in [-0.25, -0.2) is 15.8 Å². The summed E-state index contributed by atoms with van der Waals surface area (Å²) in [6.07, 6.45) is 3.56. The van der Waals surface area contributed by atoms with Crippen molar-refractivity contribution in [1.29, 1.82) is 0 Å². The number of hydrazine groups is 1.